The standard InChI is InChI=1S/C23H26F3N7O/c1-12-4-15(7-16(5-12)31-23(34)33-3-2-13(24)11-33)30-22-19(26)10-29-21(32-22)18-9-28-20-17(18)6-14(25)8-27-20/h6,8-10,12-13,15-16H,2-5,7,11H2,1H3,(H,27,28)(H,31,34)(H,29,30,32)/t12-,13-,15+,16+/m0/s1. The number of pyridine rings is 1. The van der Waals surface area contributed by atoms with Crippen LogP contribution in [0, 0.1) is 17.6 Å². The summed E-state index contributed by atoms with van der Waals surface area (Å²) in [6.45, 7) is 2.62. The number of aromatic amines is 1. The van der Waals surface area contributed by atoms with Gasteiger partial charge in [0.25, 0.3) is 0 Å². The number of nitrogens with one attached hydrogen (secondary N) is 3. The number of hydrogen-bond acceptors (Lipinski definition) is 5. The Balaban J connectivity index is 1.31. The summed E-state index contributed by atoms with van der Waals surface area (Å²) in [5.74, 6) is -0.512. The first-order valence-electron chi connectivity index (χ1n) is 11.5. The third-order valence-corrected chi connectivity index (χ3v) is 6.51. The van der Waals surface area contributed by atoms with E-state index < -0.39 is 17.8 Å². The van der Waals surface area contributed by atoms with E-state index in [0.29, 0.717) is 36.0 Å². The molecule has 3 aromatic rings. The second kappa shape index (κ2) is 9.11. The number of likely N-dealkylation sites (tertiary alicyclic amines) is 1. The molecule has 11 heteroatoms. The van der Waals surface area contributed by atoms with Crippen molar-refractivity contribution < 1.29 is 18.0 Å². The number of amides is 2. The van der Waals surface area contributed by atoms with Gasteiger partial charge in [0.2, 0.25) is 0 Å². The summed E-state index contributed by atoms with van der Waals surface area (Å²) in [5, 5.41) is 6.68. The van der Waals surface area contributed by atoms with Crippen LogP contribution in [0.1, 0.15) is 32.6 Å². The number of carbonyl (C=O) groups excluding carboxylic acids is 1. The van der Waals surface area contributed by atoms with Gasteiger partial charge >= 0.3 is 6.03 Å². The average molecular weight is 474 g/mol. The van der Waals surface area contributed by atoms with E-state index in [0.717, 1.165) is 25.2 Å². The molecule has 0 unspecified atom stereocenters. The molecule has 34 heavy (non-hydrogen) atoms. The molecule has 1 saturated carbocycles. The molecular weight excluding hydrogens is 447 g/mol. The summed E-state index contributed by atoms with van der Waals surface area (Å²) in [4.78, 5) is 29.4. The number of halogens is 3. The number of carbonyl (C=O) groups is 1. The zero-order valence-electron chi connectivity index (χ0n) is 18.7. The Morgan fingerprint density at radius 2 is 2.00 bits per heavy atom. The molecule has 2 fully saturated rings. The fraction of sp³-hybridized carbons (Fsp3) is 0.478. The van der Waals surface area contributed by atoms with Crippen LogP contribution in [0.4, 0.5) is 23.8 Å². The molecule has 8 nitrogen and oxygen atoms in total. The minimum atomic E-state index is -0.968. The van der Waals surface area contributed by atoms with Crippen molar-refractivity contribution in [2.45, 2.75) is 50.9 Å². The molecule has 3 aromatic heterocycles. The largest absolute Gasteiger partial charge is 0.365 e. The normalized spacial score (nSPS) is 25.0. The molecule has 4 heterocycles. The second-order valence-corrected chi connectivity index (χ2v) is 9.27. The Morgan fingerprint density at radius 3 is 2.79 bits per heavy atom. The van der Waals surface area contributed by atoms with Gasteiger partial charge in [0, 0.05) is 35.8 Å². The highest BCUT2D eigenvalue weighted by atomic mass is 19.1. The van der Waals surface area contributed by atoms with E-state index in [1.807, 2.05) is 0 Å². The van der Waals surface area contributed by atoms with Crippen LogP contribution in [0.3, 0.4) is 0 Å². The quantitative estimate of drug-likeness (QED) is 0.532. The van der Waals surface area contributed by atoms with Gasteiger partial charge in [-0.1, -0.05) is 6.92 Å². The van der Waals surface area contributed by atoms with Gasteiger partial charge in [0.1, 0.15) is 17.6 Å². The lowest BCUT2D eigenvalue weighted by Gasteiger charge is -2.35. The number of anilines is 1. The monoisotopic (exact) mass is 473 g/mol. The Bertz CT molecular complexity index is 1200. The van der Waals surface area contributed by atoms with Gasteiger partial charge in [0.05, 0.1) is 18.9 Å². The van der Waals surface area contributed by atoms with Crippen LogP contribution in [-0.4, -0.2) is 62.2 Å². The summed E-state index contributed by atoms with van der Waals surface area (Å²) < 4.78 is 41.8. The minimum Gasteiger partial charge on any atom is -0.365 e. The van der Waals surface area contributed by atoms with Crippen LogP contribution >= 0.6 is 0 Å². The van der Waals surface area contributed by atoms with Crippen LogP contribution in [0.2, 0.25) is 0 Å². The zero-order chi connectivity index (χ0) is 23.8. The van der Waals surface area contributed by atoms with E-state index in [4.69, 9.17) is 0 Å². The van der Waals surface area contributed by atoms with Crippen LogP contribution in [0.15, 0.2) is 24.7 Å². The lowest BCUT2D eigenvalue weighted by Crippen LogP contribution is -2.48. The van der Waals surface area contributed by atoms with Crippen molar-refractivity contribution in [3.63, 3.8) is 0 Å². The van der Waals surface area contributed by atoms with E-state index in [1.165, 1.54) is 11.0 Å². The predicted octanol–water partition coefficient (Wildman–Crippen LogP) is 4.02. The van der Waals surface area contributed by atoms with E-state index >= 15 is 0 Å². The summed E-state index contributed by atoms with van der Waals surface area (Å²) in [6.07, 6.45) is 5.37. The Labute approximate surface area is 194 Å². The van der Waals surface area contributed by atoms with E-state index in [1.54, 1.807) is 6.20 Å². The van der Waals surface area contributed by atoms with Crippen molar-refractivity contribution in [3.05, 3.63) is 36.3 Å². The molecule has 2 aliphatic rings. The maximum Gasteiger partial charge on any atom is 0.317 e. The highest BCUT2D eigenvalue weighted by Crippen LogP contribution is 2.30. The highest BCUT2D eigenvalue weighted by molar-refractivity contribution is 5.91. The number of H-pyrrole nitrogens is 1. The first-order chi connectivity index (χ1) is 16.4. The number of alkyl halides is 1. The number of aromatic nitrogens is 4. The molecule has 2 amide bonds. The smallest absolute Gasteiger partial charge is 0.317 e. The third-order valence-electron chi connectivity index (χ3n) is 6.51. The average Bonchev–Trinajstić information content (AvgIpc) is 3.41. The second-order valence-electron chi connectivity index (χ2n) is 9.27. The molecule has 1 aliphatic carbocycles. The van der Waals surface area contributed by atoms with Crippen molar-refractivity contribution >= 4 is 22.9 Å². The van der Waals surface area contributed by atoms with Gasteiger partial charge in [-0.15, -0.1) is 0 Å². The topological polar surface area (TPSA) is 98.8 Å². The summed E-state index contributed by atoms with van der Waals surface area (Å²) in [6, 6.07) is 0.837. The van der Waals surface area contributed by atoms with Crippen molar-refractivity contribution in [1.29, 1.82) is 0 Å². The molecule has 3 N–H and O–H groups in total. The van der Waals surface area contributed by atoms with Crippen LogP contribution in [0.25, 0.3) is 22.4 Å². The van der Waals surface area contributed by atoms with Crippen molar-refractivity contribution in [1.82, 2.24) is 30.2 Å². The number of fused-ring (bicyclic) bond motifs is 1. The fourth-order valence-electron chi connectivity index (χ4n) is 4.96. The Kier molecular flexibility index (Phi) is 6.01. The van der Waals surface area contributed by atoms with Gasteiger partial charge in [-0.2, -0.15) is 0 Å². The summed E-state index contributed by atoms with van der Waals surface area (Å²) in [5.41, 5.74) is 1.000. The number of nitrogens with zero attached hydrogens (tertiary/aromatic N) is 4. The first-order valence-corrected chi connectivity index (χ1v) is 11.5. The molecule has 0 radical (unpaired) electrons. The number of rotatable bonds is 4. The zero-order valence-corrected chi connectivity index (χ0v) is 18.7. The summed E-state index contributed by atoms with van der Waals surface area (Å²) >= 11 is 0. The van der Waals surface area contributed by atoms with Gasteiger partial charge in [0.15, 0.2) is 17.5 Å². The molecule has 0 bridgehead atoms. The third kappa shape index (κ3) is 4.64. The Hall–Kier alpha value is -3.37. The molecule has 0 spiro atoms. The SMILES string of the molecule is C[C@@H]1C[C@@H](NC(=O)N2CC[C@H](F)C2)C[C@H](Nc2nc(-c3c[nH]c4ncc(F)cc34)ncc2F)C1. The van der Waals surface area contributed by atoms with Crippen molar-refractivity contribution in [2.75, 3.05) is 18.4 Å². The van der Waals surface area contributed by atoms with Crippen LogP contribution in [-0.2, 0) is 0 Å². The van der Waals surface area contributed by atoms with Crippen LogP contribution < -0.4 is 10.6 Å². The number of urea groups is 1. The fourth-order valence-corrected chi connectivity index (χ4v) is 4.96. The van der Waals surface area contributed by atoms with Crippen molar-refractivity contribution in [2.24, 2.45) is 5.92 Å². The van der Waals surface area contributed by atoms with Gasteiger partial charge < -0.3 is 20.5 Å². The van der Waals surface area contributed by atoms with Crippen molar-refractivity contribution in [3.8, 4) is 11.4 Å². The van der Waals surface area contributed by atoms with Gasteiger partial charge in [-0.25, -0.2) is 32.9 Å². The predicted molar refractivity (Wildman–Crippen MR) is 121 cm³/mol. The molecule has 0 aromatic carbocycles. The first kappa shape index (κ1) is 22.4. The van der Waals surface area contributed by atoms with Gasteiger partial charge in [-0.05, 0) is 37.7 Å². The molecular formula is C23H26F3N7O. The Morgan fingerprint density at radius 1 is 1.18 bits per heavy atom. The maximum atomic E-state index is 14.6. The molecule has 180 valence electrons. The van der Waals surface area contributed by atoms with E-state index in [-0.39, 0.29) is 42.2 Å². The number of hydrogen-bond donors (Lipinski definition) is 3. The molecule has 1 saturated heterocycles. The highest BCUT2D eigenvalue weighted by Gasteiger charge is 2.32. The van der Waals surface area contributed by atoms with Gasteiger partial charge in [-0.3, -0.25) is 0 Å². The molecule has 1 aliphatic heterocycles. The van der Waals surface area contributed by atoms with E-state index in [2.05, 4.69) is 37.5 Å². The molecule has 4 atom stereocenters. The minimum absolute atomic E-state index is 0.0488. The maximum absolute atomic E-state index is 14.6. The lowest BCUT2D eigenvalue weighted by atomic mass is 9.83. The summed E-state index contributed by atoms with van der Waals surface area (Å²) in [7, 11) is 0. The van der Waals surface area contributed by atoms with E-state index in [9.17, 15) is 18.0 Å². The molecule has 5 rings (SSSR count). The lowest BCUT2D eigenvalue weighted by molar-refractivity contribution is 0.191. The van der Waals surface area contributed by atoms with Crippen LogP contribution in [0.5, 0.6) is 0 Å².